The monoisotopic (exact) mass is 522 g/mol. The number of benzene rings is 2. The van der Waals surface area contributed by atoms with Gasteiger partial charge in [0.15, 0.2) is 5.69 Å². The summed E-state index contributed by atoms with van der Waals surface area (Å²) >= 11 is 0. The third kappa shape index (κ3) is 6.15. The van der Waals surface area contributed by atoms with Crippen LogP contribution < -0.4 is 15.6 Å². The summed E-state index contributed by atoms with van der Waals surface area (Å²) < 4.78 is 39.2. The second-order valence-electron chi connectivity index (χ2n) is 8.64. The van der Waals surface area contributed by atoms with Gasteiger partial charge in [-0.3, -0.25) is 14.7 Å². The van der Waals surface area contributed by atoms with Gasteiger partial charge < -0.3 is 19.4 Å². The predicted molar refractivity (Wildman–Crippen MR) is 137 cm³/mol. The number of aromatic nitrogens is 3. The number of hydrogen-bond donors (Lipinski definition) is 2. The van der Waals surface area contributed by atoms with E-state index in [2.05, 4.69) is 15.5 Å². The molecule has 0 saturated carbocycles. The van der Waals surface area contributed by atoms with Gasteiger partial charge >= 0.3 is 0 Å². The van der Waals surface area contributed by atoms with Crippen LogP contribution in [0.15, 0.2) is 71.7 Å². The molecule has 2 N–H and O–H groups in total. The number of halogens is 2. The predicted octanol–water partition coefficient (Wildman–Crippen LogP) is 4.23. The number of methoxy groups -OCH3 is 2. The molecule has 1 amide bonds. The van der Waals surface area contributed by atoms with E-state index in [-0.39, 0.29) is 41.3 Å². The Morgan fingerprint density at radius 3 is 2.50 bits per heavy atom. The summed E-state index contributed by atoms with van der Waals surface area (Å²) in [4.78, 5) is 25.1. The fourth-order valence-corrected chi connectivity index (χ4v) is 4.23. The van der Waals surface area contributed by atoms with Crippen molar-refractivity contribution >= 4 is 5.91 Å². The number of rotatable bonds is 11. The minimum atomic E-state index is -2.75. The van der Waals surface area contributed by atoms with E-state index in [1.165, 1.54) is 25.3 Å². The van der Waals surface area contributed by atoms with Crippen LogP contribution in [-0.2, 0) is 30.9 Å². The lowest BCUT2D eigenvalue weighted by Crippen LogP contribution is -2.25. The van der Waals surface area contributed by atoms with Crippen LogP contribution in [0.5, 0.6) is 5.75 Å². The highest BCUT2D eigenvalue weighted by Crippen LogP contribution is 2.32. The lowest BCUT2D eigenvalue weighted by Gasteiger charge is -2.14. The first kappa shape index (κ1) is 26.7. The number of nitrogens with one attached hydrogen (secondary N) is 2. The van der Waals surface area contributed by atoms with Crippen LogP contribution in [-0.4, -0.2) is 34.9 Å². The maximum absolute atomic E-state index is 13.6. The molecule has 2 heterocycles. The van der Waals surface area contributed by atoms with Crippen LogP contribution in [0.4, 0.5) is 8.78 Å². The maximum atomic E-state index is 13.6. The Hall–Kier alpha value is -4.31. The van der Waals surface area contributed by atoms with Gasteiger partial charge in [-0.05, 0) is 28.8 Å². The maximum Gasteiger partial charge on any atom is 0.272 e. The fraction of sp³-hybridized carbons (Fsp3) is 0.250. The summed E-state index contributed by atoms with van der Waals surface area (Å²) in [6.45, 7) is 0.546. The van der Waals surface area contributed by atoms with Crippen molar-refractivity contribution in [1.82, 2.24) is 20.1 Å². The van der Waals surface area contributed by atoms with E-state index >= 15 is 0 Å². The Labute approximate surface area is 218 Å². The number of amides is 1. The van der Waals surface area contributed by atoms with Gasteiger partial charge in [0.1, 0.15) is 5.75 Å². The quantitative estimate of drug-likeness (QED) is 0.307. The molecule has 2 aromatic heterocycles. The van der Waals surface area contributed by atoms with Crippen LogP contribution >= 0.6 is 0 Å². The van der Waals surface area contributed by atoms with Gasteiger partial charge in [-0.1, -0.05) is 42.5 Å². The Bertz CT molecular complexity index is 1450. The molecule has 38 heavy (non-hydrogen) atoms. The molecule has 10 heteroatoms. The standard InChI is InChI=1S/C28H28F2N4O4/c1-37-17-22-21(14-18-9-11-19(12-10-18)16-34-13-4-3-8-24(34)35)26(33-32-22)28(36)31-15-20-6-5-7-23(38-2)25(20)27(29)30/h3-13,27H,14-17H2,1-2H3,(H,31,36)(H,32,33). The number of alkyl halides is 2. The molecule has 0 spiro atoms. The molecular formula is C28H28F2N4O4. The average molecular weight is 523 g/mol. The van der Waals surface area contributed by atoms with E-state index in [0.29, 0.717) is 24.2 Å². The molecule has 0 aliphatic carbocycles. The molecule has 0 radical (unpaired) electrons. The molecule has 0 fully saturated rings. The summed E-state index contributed by atoms with van der Waals surface area (Å²) in [7, 11) is 2.87. The van der Waals surface area contributed by atoms with E-state index < -0.39 is 12.3 Å². The fourth-order valence-electron chi connectivity index (χ4n) is 4.23. The van der Waals surface area contributed by atoms with E-state index in [4.69, 9.17) is 9.47 Å². The zero-order valence-corrected chi connectivity index (χ0v) is 21.0. The summed E-state index contributed by atoms with van der Waals surface area (Å²) in [6, 6.07) is 17.3. The highest BCUT2D eigenvalue weighted by molar-refractivity contribution is 5.94. The van der Waals surface area contributed by atoms with Crippen molar-refractivity contribution in [3.05, 3.63) is 116 Å². The molecule has 4 aromatic rings. The second kappa shape index (κ2) is 12.3. The van der Waals surface area contributed by atoms with Gasteiger partial charge in [-0.15, -0.1) is 0 Å². The van der Waals surface area contributed by atoms with Crippen molar-refractivity contribution in [2.75, 3.05) is 14.2 Å². The van der Waals surface area contributed by atoms with Gasteiger partial charge in [0.2, 0.25) is 0 Å². The van der Waals surface area contributed by atoms with Crippen LogP contribution in [0.3, 0.4) is 0 Å². The molecule has 0 atom stereocenters. The van der Waals surface area contributed by atoms with Crippen molar-refractivity contribution in [3.8, 4) is 5.75 Å². The number of aromatic amines is 1. The van der Waals surface area contributed by atoms with Crippen molar-refractivity contribution in [1.29, 1.82) is 0 Å². The summed E-state index contributed by atoms with van der Waals surface area (Å²) in [5.41, 5.74) is 3.27. The smallest absolute Gasteiger partial charge is 0.272 e. The first-order chi connectivity index (χ1) is 18.4. The van der Waals surface area contributed by atoms with Gasteiger partial charge in [-0.2, -0.15) is 5.10 Å². The molecule has 2 aromatic carbocycles. The van der Waals surface area contributed by atoms with E-state index in [1.54, 1.807) is 36.1 Å². The first-order valence-electron chi connectivity index (χ1n) is 11.9. The minimum absolute atomic E-state index is 0.0650. The highest BCUT2D eigenvalue weighted by atomic mass is 19.3. The first-order valence-corrected chi connectivity index (χ1v) is 11.9. The summed E-state index contributed by atoms with van der Waals surface area (Å²) in [5.74, 6) is -0.433. The van der Waals surface area contributed by atoms with Crippen molar-refractivity contribution in [2.45, 2.75) is 32.5 Å². The minimum Gasteiger partial charge on any atom is -0.496 e. The largest absolute Gasteiger partial charge is 0.496 e. The molecule has 0 bridgehead atoms. The summed E-state index contributed by atoms with van der Waals surface area (Å²) in [5, 5.41) is 9.75. The lowest BCUT2D eigenvalue weighted by molar-refractivity contribution is 0.0943. The molecule has 198 valence electrons. The summed E-state index contributed by atoms with van der Waals surface area (Å²) in [6.07, 6.45) is -0.625. The number of hydrogen-bond acceptors (Lipinski definition) is 5. The van der Waals surface area contributed by atoms with Gasteiger partial charge in [0.05, 0.1) is 31.5 Å². The Morgan fingerprint density at radius 1 is 1.05 bits per heavy atom. The third-order valence-electron chi connectivity index (χ3n) is 6.15. The van der Waals surface area contributed by atoms with Gasteiger partial charge in [-0.25, -0.2) is 8.78 Å². The number of H-pyrrole nitrogens is 1. The third-order valence-corrected chi connectivity index (χ3v) is 6.15. The average Bonchev–Trinajstić information content (AvgIpc) is 3.31. The Morgan fingerprint density at radius 2 is 1.82 bits per heavy atom. The Balaban J connectivity index is 1.51. The number of carbonyl (C=O) groups excluding carboxylic acids is 1. The molecule has 0 unspecified atom stereocenters. The van der Waals surface area contributed by atoms with E-state index in [9.17, 15) is 18.4 Å². The van der Waals surface area contributed by atoms with Crippen molar-refractivity contribution < 1.29 is 23.0 Å². The molecule has 0 saturated heterocycles. The van der Waals surface area contributed by atoms with Crippen molar-refractivity contribution in [2.24, 2.45) is 0 Å². The topological polar surface area (TPSA) is 98.2 Å². The second-order valence-corrected chi connectivity index (χ2v) is 8.64. The van der Waals surface area contributed by atoms with Gasteiger partial charge in [0, 0.05) is 37.9 Å². The normalized spacial score (nSPS) is 11.1. The van der Waals surface area contributed by atoms with E-state index in [1.807, 2.05) is 24.3 Å². The van der Waals surface area contributed by atoms with E-state index in [0.717, 1.165) is 11.1 Å². The van der Waals surface area contributed by atoms with Gasteiger partial charge in [0.25, 0.3) is 17.9 Å². The zero-order chi connectivity index (χ0) is 27.1. The zero-order valence-electron chi connectivity index (χ0n) is 21.0. The number of nitrogens with zero attached hydrogens (tertiary/aromatic N) is 2. The Kier molecular flexibility index (Phi) is 8.65. The van der Waals surface area contributed by atoms with Crippen LogP contribution in [0.2, 0.25) is 0 Å². The highest BCUT2D eigenvalue weighted by Gasteiger charge is 2.22. The molecule has 0 aliphatic heterocycles. The van der Waals surface area contributed by atoms with Crippen molar-refractivity contribution in [3.63, 3.8) is 0 Å². The molecule has 0 aliphatic rings. The van der Waals surface area contributed by atoms with Crippen LogP contribution in [0.1, 0.15) is 50.4 Å². The molecular weight excluding hydrogens is 494 g/mol. The lowest BCUT2D eigenvalue weighted by atomic mass is 10.0. The number of pyridine rings is 1. The number of carbonyl (C=O) groups is 1. The molecule has 4 rings (SSSR count). The van der Waals surface area contributed by atoms with Crippen LogP contribution in [0.25, 0.3) is 0 Å². The number of ether oxygens (including phenoxy) is 2. The SMILES string of the molecule is COCc1[nH]nc(C(=O)NCc2cccc(OC)c2C(F)F)c1Cc1ccc(Cn2ccccc2=O)cc1. The molecule has 8 nitrogen and oxygen atoms in total. The van der Waals surface area contributed by atoms with Crippen LogP contribution in [0, 0.1) is 0 Å².